The predicted octanol–water partition coefficient (Wildman–Crippen LogP) is 2.70. The minimum Gasteiger partial charge on any atom is -0.388 e. The molecule has 0 radical (unpaired) electrons. The molecule has 0 aliphatic rings. The smallest absolute Gasteiger partial charge is 0.122 e. The molecule has 2 aromatic heterocycles. The molecule has 0 fully saturated rings. The molecule has 0 bridgehead atoms. The van der Waals surface area contributed by atoms with Gasteiger partial charge in [-0.25, -0.2) is 0 Å². The monoisotopic (exact) mass is 263 g/mol. The summed E-state index contributed by atoms with van der Waals surface area (Å²) in [7, 11) is 0. The Morgan fingerprint density at radius 2 is 2.35 bits per heavy atom. The second-order valence-electron chi connectivity index (χ2n) is 3.73. The third-order valence-corrected chi connectivity index (χ3v) is 3.58. The zero-order valence-corrected chi connectivity index (χ0v) is 11.1. The van der Waals surface area contributed by atoms with E-state index in [9.17, 15) is 0 Å². The SMILES string of the molecule is Cc1cscc1CNc1ccnc(C(N)=S)c1. The molecule has 17 heavy (non-hydrogen) atoms. The van der Waals surface area contributed by atoms with Crippen LogP contribution in [0, 0.1) is 6.92 Å². The highest BCUT2D eigenvalue weighted by atomic mass is 32.1. The maximum absolute atomic E-state index is 5.54. The van der Waals surface area contributed by atoms with Crippen LogP contribution in [0.3, 0.4) is 0 Å². The van der Waals surface area contributed by atoms with Crippen LogP contribution in [-0.4, -0.2) is 9.97 Å². The van der Waals surface area contributed by atoms with Crippen molar-refractivity contribution in [3.63, 3.8) is 0 Å². The molecular weight excluding hydrogens is 250 g/mol. The summed E-state index contributed by atoms with van der Waals surface area (Å²) in [4.78, 5) is 4.42. The molecular formula is C12H13N3S2. The number of nitrogens with two attached hydrogens (primary N) is 1. The van der Waals surface area contributed by atoms with E-state index in [1.54, 1.807) is 17.5 Å². The molecule has 2 rings (SSSR count). The lowest BCUT2D eigenvalue weighted by molar-refractivity contribution is 1.13. The highest BCUT2D eigenvalue weighted by molar-refractivity contribution is 7.80. The fourth-order valence-electron chi connectivity index (χ4n) is 1.44. The lowest BCUT2D eigenvalue weighted by atomic mass is 10.2. The lowest BCUT2D eigenvalue weighted by Gasteiger charge is -2.07. The van der Waals surface area contributed by atoms with Crippen molar-refractivity contribution < 1.29 is 0 Å². The van der Waals surface area contributed by atoms with E-state index < -0.39 is 0 Å². The number of thiocarbonyl (C=S) groups is 1. The van der Waals surface area contributed by atoms with E-state index in [0.717, 1.165) is 12.2 Å². The first-order valence-corrected chi connectivity index (χ1v) is 6.53. The Bertz CT molecular complexity index is 534. The van der Waals surface area contributed by atoms with Gasteiger partial charge in [-0.15, -0.1) is 0 Å². The number of nitrogens with zero attached hydrogens (tertiary/aromatic N) is 1. The van der Waals surface area contributed by atoms with Crippen molar-refractivity contribution in [3.05, 3.63) is 45.9 Å². The first kappa shape index (κ1) is 12.0. The standard InChI is InChI=1S/C12H13N3S2/c1-8-6-17-7-9(8)5-15-10-2-3-14-11(4-10)12(13)16/h2-4,6-7H,5H2,1H3,(H2,13,16)(H,14,15). The Labute approximate surface area is 110 Å². The number of hydrogen-bond acceptors (Lipinski definition) is 4. The lowest BCUT2D eigenvalue weighted by Crippen LogP contribution is -2.12. The molecule has 0 aliphatic carbocycles. The number of pyridine rings is 1. The average molecular weight is 263 g/mol. The molecule has 0 aromatic carbocycles. The minimum atomic E-state index is 0.320. The number of rotatable bonds is 4. The van der Waals surface area contributed by atoms with Crippen molar-refractivity contribution in [2.75, 3.05) is 5.32 Å². The Kier molecular flexibility index (Phi) is 3.71. The van der Waals surface area contributed by atoms with Crippen LogP contribution in [0.15, 0.2) is 29.1 Å². The van der Waals surface area contributed by atoms with Crippen LogP contribution in [0.25, 0.3) is 0 Å². The van der Waals surface area contributed by atoms with Gasteiger partial charge in [0.2, 0.25) is 0 Å². The summed E-state index contributed by atoms with van der Waals surface area (Å²) >= 11 is 6.61. The first-order valence-electron chi connectivity index (χ1n) is 5.18. The van der Waals surface area contributed by atoms with E-state index in [1.165, 1.54) is 11.1 Å². The summed E-state index contributed by atoms with van der Waals surface area (Å²) in [6.45, 7) is 2.91. The highest BCUT2D eigenvalue weighted by Gasteiger charge is 2.01. The Morgan fingerprint density at radius 3 is 3.00 bits per heavy atom. The van der Waals surface area contributed by atoms with E-state index >= 15 is 0 Å². The zero-order chi connectivity index (χ0) is 12.3. The van der Waals surface area contributed by atoms with Gasteiger partial charge in [-0.2, -0.15) is 11.3 Å². The highest BCUT2D eigenvalue weighted by Crippen LogP contribution is 2.16. The molecule has 0 amide bonds. The average Bonchev–Trinajstić information content (AvgIpc) is 2.72. The van der Waals surface area contributed by atoms with Gasteiger partial charge in [0.1, 0.15) is 4.99 Å². The van der Waals surface area contributed by atoms with Crippen molar-refractivity contribution in [2.45, 2.75) is 13.5 Å². The van der Waals surface area contributed by atoms with Gasteiger partial charge >= 0.3 is 0 Å². The Hall–Kier alpha value is -1.46. The van der Waals surface area contributed by atoms with Crippen molar-refractivity contribution in [2.24, 2.45) is 5.73 Å². The van der Waals surface area contributed by atoms with Gasteiger partial charge in [0.25, 0.3) is 0 Å². The molecule has 5 heteroatoms. The summed E-state index contributed by atoms with van der Waals surface area (Å²) in [6, 6.07) is 3.77. The second-order valence-corrected chi connectivity index (χ2v) is 4.91. The summed E-state index contributed by atoms with van der Waals surface area (Å²) in [5.41, 5.74) is 9.79. The third-order valence-electron chi connectivity index (χ3n) is 2.46. The molecule has 2 aromatic rings. The number of hydrogen-bond donors (Lipinski definition) is 2. The number of anilines is 1. The number of aromatic nitrogens is 1. The summed E-state index contributed by atoms with van der Waals surface area (Å²) in [5.74, 6) is 0. The summed E-state index contributed by atoms with van der Waals surface area (Å²) in [5, 5.41) is 7.63. The van der Waals surface area contributed by atoms with Crippen LogP contribution in [-0.2, 0) is 6.54 Å². The van der Waals surface area contributed by atoms with E-state index in [-0.39, 0.29) is 0 Å². The Morgan fingerprint density at radius 1 is 1.53 bits per heavy atom. The fraction of sp³-hybridized carbons (Fsp3) is 0.167. The molecule has 0 saturated carbocycles. The molecule has 0 spiro atoms. The van der Waals surface area contributed by atoms with Gasteiger partial charge in [-0.1, -0.05) is 12.2 Å². The van der Waals surface area contributed by atoms with Crippen LogP contribution < -0.4 is 11.1 Å². The van der Waals surface area contributed by atoms with Gasteiger partial charge in [-0.3, -0.25) is 4.98 Å². The number of aryl methyl sites for hydroxylation is 1. The molecule has 0 unspecified atom stereocenters. The normalized spacial score (nSPS) is 10.2. The van der Waals surface area contributed by atoms with Crippen LogP contribution in [0.4, 0.5) is 5.69 Å². The topological polar surface area (TPSA) is 50.9 Å². The minimum absolute atomic E-state index is 0.320. The van der Waals surface area contributed by atoms with Gasteiger partial charge in [0.15, 0.2) is 0 Å². The summed E-state index contributed by atoms with van der Waals surface area (Å²) in [6.07, 6.45) is 1.71. The number of thiophene rings is 1. The van der Waals surface area contributed by atoms with Crippen molar-refractivity contribution in [1.82, 2.24) is 4.98 Å². The molecule has 3 nitrogen and oxygen atoms in total. The van der Waals surface area contributed by atoms with Crippen LogP contribution in [0.2, 0.25) is 0 Å². The van der Waals surface area contributed by atoms with Crippen LogP contribution >= 0.6 is 23.6 Å². The molecule has 2 heterocycles. The van der Waals surface area contributed by atoms with Crippen molar-refractivity contribution in [1.29, 1.82) is 0 Å². The molecule has 0 atom stereocenters. The molecule has 0 saturated heterocycles. The fourth-order valence-corrected chi connectivity index (χ4v) is 2.41. The van der Waals surface area contributed by atoms with Gasteiger partial charge in [0, 0.05) is 18.4 Å². The first-order chi connectivity index (χ1) is 8.16. The van der Waals surface area contributed by atoms with Crippen molar-refractivity contribution >= 4 is 34.2 Å². The summed E-state index contributed by atoms with van der Waals surface area (Å²) < 4.78 is 0. The maximum Gasteiger partial charge on any atom is 0.122 e. The predicted molar refractivity (Wildman–Crippen MR) is 76.5 cm³/mol. The number of nitrogens with one attached hydrogen (secondary N) is 1. The zero-order valence-electron chi connectivity index (χ0n) is 9.43. The molecule has 3 N–H and O–H groups in total. The maximum atomic E-state index is 5.54. The second kappa shape index (κ2) is 5.25. The molecule has 88 valence electrons. The largest absolute Gasteiger partial charge is 0.388 e. The van der Waals surface area contributed by atoms with Crippen LogP contribution in [0.5, 0.6) is 0 Å². The Balaban J connectivity index is 2.07. The van der Waals surface area contributed by atoms with Crippen molar-refractivity contribution in [3.8, 4) is 0 Å². The van der Waals surface area contributed by atoms with E-state index in [2.05, 4.69) is 28.0 Å². The van der Waals surface area contributed by atoms with Gasteiger partial charge in [0.05, 0.1) is 5.69 Å². The van der Waals surface area contributed by atoms with E-state index in [1.807, 2.05) is 12.1 Å². The van der Waals surface area contributed by atoms with Gasteiger partial charge < -0.3 is 11.1 Å². The van der Waals surface area contributed by atoms with Gasteiger partial charge in [-0.05, 0) is 40.9 Å². The van der Waals surface area contributed by atoms with E-state index in [4.69, 9.17) is 18.0 Å². The molecule has 0 aliphatic heterocycles. The van der Waals surface area contributed by atoms with E-state index in [0.29, 0.717) is 10.7 Å². The third kappa shape index (κ3) is 3.01. The van der Waals surface area contributed by atoms with Crippen LogP contribution in [0.1, 0.15) is 16.8 Å². The quantitative estimate of drug-likeness (QED) is 0.833.